The fraction of sp³-hybridized carbons (Fsp3) is 0.500. The van der Waals surface area contributed by atoms with Crippen LogP contribution < -0.4 is 4.90 Å². The Morgan fingerprint density at radius 1 is 1.41 bits per heavy atom. The zero-order chi connectivity index (χ0) is 20.4. The van der Waals surface area contributed by atoms with E-state index >= 15 is 0 Å². The Balaban J connectivity index is 1.60. The number of hydrogen-bond donors (Lipinski definition) is 0. The Hall–Kier alpha value is -2.43. The smallest absolute Gasteiger partial charge is 0.225 e. The molecule has 0 aromatic carbocycles. The molecule has 2 aromatic rings. The largest absolute Gasteiger partial charge is 0.384 e. The number of nitrogens with zero attached hydrogens (tertiary/aromatic N) is 4. The first kappa shape index (κ1) is 19.9. The quantitative estimate of drug-likeness (QED) is 0.727. The maximum atomic E-state index is 12.4. The third-order valence-corrected chi connectivity index (χ3v) is 6.40. The summed E-state index contributed by atoms with van der Waals surface area (Å²) >= 11 is 1.66. The number of piperazine rings is 1. The van der Waals surface area contributed by atoms with E-state index in [2.05, 4.69) is 34.7 Å². The highest BCUT2D eigenvalue weighted by Gasteiger charge is 2.33. The first-order valence-electron chi connectivity index (χ1n) is 10.1. The van der Waals surface area contributed by atoms with E-state index in [4.69, 9.17) is 9.72 Å². The van der Waals surface area contributed by atoms with Crippen molar-refractivity contribution in [2.75, 3.05) is 38.3 Å². The van der Waals surface area contributed by atoms with Gasteiger partial charge in [0.05, 0.1) is 24.3 Å². The van der Waals surface area contributed by atoms with E-state index in [1.165, 1.54) is 0 Å². The molecule has 1 amide bonds. The van der Waals surface area contributed by atoms with Crippen LogP contribution in [0.3, 0.4) is 0 Å². The van der Waals surface area contributed by atoms with E-state index in [0.29, 0.717) is 44.1 Å². The Morgan fingerprint density at radius 2 is 2.24 bits per heavy atom. The SMILES string of the molecule is COCCC(=O)N1CCN(c2nc(C3CC3)c(-c3ccsc3)cc2C#N)CC1C. The van der Waals surface area contributed by atoms with E-state index < -0.39 is 0 Å². The van der Waals surface area contributed by atoms with Gasteiger partial charge in [-0.05, 0) is 48.2 Å². The second kappa shape index (κ2) is 8.52. The number of ether oxygens (including phenoxy) is 1. The number of hydrogen-bond acceptors (Lipinski definition) is 6. The van der Waals surface area contributed by atoms with Crippen LogP contribution >= 0.6 is 11.3 Å². The standard InChI is InChI=1S/C22H26N4O2S/c1-15-13-25(7-8-26(15)20(27)5-9-28-2)22-18(12-23)11-19(17-6-10-29-14-17)21(24-22)16-3-4-16/h6,10-11,14-16H,3-5,7-9,13H2,1-2H3. The second-order valence-electron chi connectivity index (χ2n) is 7.82. The predicted molar refractivity (Wildman–Crippen MR) is 114 cm³/mol. The number of nitriles is 1. The van der Waals surface area contributed by atoms with Crippen molar-refractivity contribution in [3.8, 4) is 17.2 Å². The molecule has 1 aliphatic heterocycles. The topological polar surface area (TPSA) is 69.5 Å². The van der Waals surface area contributed by atoms with Gasteiger partial charge >= 0.3 is 0 Å². The summed E-state index contributed by atoms with van der Waals surface area (Å²) in [5, 5.41) is 14.0. The van der Waals surface area contributed by atoms with Crippen LogP contribution in [0.4, 0.5) is 5.82 Å². The molecular formula is C22H26N4O2S. The summed E-state index contributed by atoms with van der Waals surface area (Å²) < 4.78 is 5.04. The fourth-order valence-corrected chi connectivity index (χ4v) is 4.67. The highest BCUT2D eigenvalue weighted by atomic mass is 32.1. The number of rotatable bonds is 6. The van der Waals surface area contributed by atoms with Gasteiger partial charge in [0.1, 0.15) is 11.9 Å². The molecule has 1 saturated carbocycles. The number of carbonyl (C=O) groups excluding carboxylic acids is 1. The normalized spacial score (nSPS) is 19.3. The van der Waals surface area contributed by atoms with Crippen LogP contribution in [-0.4, -0.2) is 55.2 Å². The lowest BCUT2D eigenvalue weighted by atomic mass is 10.0. The summed E-state index contributed by atoms with van der Waals surface area (Å²) in [5.74, 6) is 1.38. The summed E-state index contributed by atoms with van der Waals surface area (Å²) in [6, 6.07) is 6.54. The van der Waals surface area contributed by atoms with Crippen molar-refractivity contribution in [2.24, 2.45) is 0 Å². The van der Waals surface area contributed by atoms with E-state index in [-0.39, 0.29) is 11.9 Å². The molecule has 4 rings (SSSR count). The molecule has 2 aromatic heterocycles. The minimum absolute atomic E-state index is 0.0716. The van der Waals surface area contributed by atoms with Crippen molar-refractivity contribution in [2.45, 2.75) is 38.1 Å². The average molecular weight is 411 g/mol. The monoisotopic (exact) mass is 410 g/mol. The lowest BCUT2D eigenvalue weighted by Gasteiger charge is -2.41. The minimum Gasteiger partial charge on any atom is -0.384 e. The van der Waals surface area contributed by atoms with Gasteiger partial charge in [0.15, 0.2) is 0 Å². The van der Waals surface area contributed by atoms with Crippen LogP contribution in [0, 0.1) is 11.3 Å². The molecule has 2 fully saturated rings. The van der Waals surface area contributed by atoms with Crippen molar-refractivity contribution in [1.29, 1.82) is 5.26 Å². The zero-order valence-corrected chi connectivity index (χ0v) is 17.7. The van der Waals surface area contributed by atoms with Gasteiger partial charge in [-0.1, -0.05) is 0 Å². The molecule has 1 aliphatic carbocycles. The molecule has 0 N–H and O–H groups in total. The number of amides is 1. The van der Waals surface area contributed by atoms with E-state index in [0.717, 1.165) is 35.5 Å². The summed E-state index contributed by atoms with van der Waals surface area (Å²) in [7, 11) is 1.61. The fourth-order valence-electron chi connectivity index (χ4n) is 4.01. The molecule has 1 unspecified atom stereocenters. The molecule has 152 valence electrons. The number of thiophene rings is 1. The maximum absolute atomic E-state index is 12.4. The van der Waals surface area contributed by atoms with Crippen LogP contribution in [0.5, 0.6) is 0 Å². The van der Waals surface area contributed by atoms with Crippen LogP contribution in [-0.2, 0) is 9.53 Å². The molecule has 0 spiro atoms. The number of methoxy groups -OCH3 is 1. The van der Waals surface area contributed by atoms with Crippen molar-refractivity contribution in [3.63, 3.8) is 0 Å². The molecule has 29 heavy (non-hydrogen) atoms. The first-order chi connectivity index (χ1) is 14.1. The van der Waals surface area contributed by atoms with Crippen LogP contribution in [0.1, 0.15) is 43.4 Å². The van der Waals surface area contributed by atoms with Gasteiger partial charge in [-0.25, -0.2) is 4.98 Å². The van der Waals surface area contributed by atoms with E-state index in [1.54, 1.807) is 18.4 Å². The third-order valence-electron chi connectivity index (χ3n) is 5.72. The van der Waals surface area contributed by atoms with E-state index in [1.807, 2.05) is 11.0 Å². The highest BCUT2D eigenvalue weighted by molar-refractivity contribution is 7.08. The van der Waals surface area contributed by atoms with Crippen LogP contribution in [0.25, 0.3) is 11.1 Å². The van der Waals surface area contributed by atoms with Crippen molar-refractivity contribution in [3.05, 3.63) is 34.2 Å². The van der Waals surface area contributed by atoms with Gasteiger partial charge < -0.3 is 14.5 Å². The molecule has 2 aliphatic rings. The van der Waals surface area contributed by atoms with Gasteiger partial charge in [0, 0.05) is 44.3 Å². The molecule has 0 radical (unpaired) electrons. The van der Waals surface area contributed by atoms with Gasteiger partial charge in [0.2, 0.25) is 5.91 Å². The number of anilines is 1. The van der Waals surface area contributed by atoms with Crippen molar-refractivity contribution in [1.82, 2.24) is 9.88 Å². The van der Waals surface area contributed by atoms with Gasteiger partial charge in [0.25, 0.3) is 0 Å². The van der Waals surface area contributed by atoms with Gasteiger partial charge in [-0.15, -0.1) is 0 Å². The Morgan fingerprint density at radius 3 is 2.86 bits per heavy atom. The highest BCUT2D eigenvalue weighted by Crippen LogP contribution is 2.45. The third kappa shape index (κ3) is 4.14. The molecule has 7 heteroatoms. The number of pyridine rings is 1. The van der Waals surface area contributed by atoms with Gasteiger partial charge in [-0.3, -0.25) is 4.79 Å². The predicted octanol–water partition coefficient (Wildman–Crippen LogP) is 3.63. The average Bonchev–Trinajstić information content (AvgIpc) is 3.44. The molecule has 3 heterocycles. The lowest BCUT2D eigenvalue weighted by Crippen LogP contribution is -2.54. The van der Waals surface area contributed by atoms with Crippen LogP contribution in [0.15, 0.2) is 22.9 Å². The number of aromatic nitrogens is 1. The molecular weight excluding hydrogens is 384 g/mol. The Kier molecular flexibility index (Phi) is 5.84. The summed E-state index contributed by atoms with van der Waals surface area (Å²) in [6.45, 7) is 4.52. The lowest BCUT2D eigenvalue weighted by molar-refractivity contribution is -0.134. The maximum Gasteiger partial charge on any atom is 0.225 e. The Labute approximate surface area is 175 Å². The van der Waals surface area contributed by atoms with Gasteiger partial charge in [-0.2, -0.15) is 16.6 Å². The second-order valence-corrected chi connectivity index (χ2v) is 8.60. The number of carbonyl (C=O) groups is 1. The molecule has 1 atom stereocenters. The summed E-state index contributed by atoms with van der Waals surface area (Å²) in [6.07, 6.45) is 2.73. The van der Waals surface area contributed by atoms with Crippen molar-refractivity contribution >= 4 is 23.1 Å². The molecule has 0 bridgehead atoms. The van der Waals surface area contributed by atoms with Crippen molar-refractivity contribution < 1.29 is 9.53 Å². The zero-order valence-electron chi connectivity index (χ0n) is 16.9. The summed E-state index contributed by atoms with van der Waals surface area (Å²) in [4.78, 5) is 21.5. The molecule has 1 saturated heterocycles. The van der Waals surface area contributed by atoms with Crippen LogP contribution in [0.2, 0.25) is 0 Å². The molecule has 6 nitrogen and oxygen atoms in total. The minimum atomic E-state index is 0.0716. The Bertz CT molecular complexity index is 918. The van der Waals surface area contributed by atoms with E-state index in [9.17, 15) is 10.1 Å². The first-order valence-corrected chi connectivity index (χ1v) is 11.1. The summed E-state index contributed by atoms with van der Waals surface area (Å²) in [5.41, 5.74) is 3.97.